The molecule has 30 heavy (non-hydrogen) atoms. The summed E-state index contributed by atoms with van der Waals surface area (Å²) in [5, 5.41) is 6.09. The predicted octanol–water partition coefficient (Wildman–Crippen LogP) is 1.62. The van der Waals surface area contributed by atoms with Crippen molar-refractivity contribution in [3.63, 3.8) is 0 Å². The van der Waals surface area contributed by atoms with Crippen LogP contribution in [0.1, 0.15) is 46.8 Å². The average molecular weight is 409 g/mol. The standard InChI is InChI=1S/C22H27N5O3/c1-13-24-12-16-10-15(5-6-18(16)26-13)21(28)25-11-14-8-17(9-14)27-22(29)20-19(30-2)4-3-7-23-20/h3-4,7,12,14-15,17H,5-6,8-11H2,1-2H3,(H,25,28)(H,27,29). The number of rotatable bonds is 6. The molecule has 0 saturated heterocycles. The molecule has 2 N–H and O–H groups in total. The molecule has 1 unspecified atom stereocenters. The van der Waals surface area contributed by atoms with Gasteiger partial charge < -0.3 is 15.4 Å². The highest BCUT2D eigenvalue weighted by Crippen LogP contribution is 2.28. The molecule has 2 aliphatic rings. The van der Waals surface area contributed by atoms with Gasteiger partial charge in [-0.3, -0.25) is 9.59 Å². The number of methoxy groups -OCH3 is 1. The second-order valence-corrected chi connectivity index (χ2v) is 8.14. The SMILES string of the molecule is COc1cccnc1C(=O)NC1CC(CNC(=O)C2CCc3nc(C)ncc3C2)C1. The molecule has 0 spiro atoms. The number of carbonyl (C=O) groups is 2. The van der Waals surface area contributed by atoms with Gasteiger partial charge in [-0.2, -0.15) is 0 Å². The number of ether oxygens (including phenoxy) is 1. The van der Waals surface area contributed by atoms with E-state index in [0.717, 1.165) is 42.8 Å². The van der Waals surface area contributed by atoms with Gasteiger partial charge in [-0.1, -0.05) is 0 Å². The molecule has 2 heterocycles. The minimum absolute atomic E-state index is 0.0176. The number of hydrogen-bond donors (Lipinski definition) is 2. The maximum Gasteiger partial charge on any atom is 0.273 e. The van der Waals surface area contributed by atoms with Crippen LogP contribution in [0.25, 0.3) is 0 Å². The number of fused-ring (bicyclic) bond motifs is 1. The lowest BCUT2D eigenvalue weighted by molar-refractivity contribution is -0.125. The average Bonchev–Trinajstić information content (AvgIpc) is 2.74. The summed E-state index contributed by atoms with van der Waals surface area (Å²) in [6, 6.07) is 3.56. The molecule has 2 aliphatic carbocycles. The van der Waals surface area contributed by atoms with Crippen molar-refractivity contribution in [3.8, 4) is 5.75 Å². The van der Waals surface area contributed by atoms with E-state index in [2.05, 4.69) is 25.6 Å². The van der Waals surface area contributed by atoms with Crippen LogP contribution in [0.3, 0.4) is 0 Å². The van der Waals surface area contributed by atoms with E-state index >= 15 is 0 Å². The van der Waals surface area contributed by atoms with Gasteiger partial charge in [0.05, 0.1) is 7.11 Å². The third kappa shape index (κ3) is 4.42. The summed E-state index contributed by atoms with van der Waals surface area (Å²) in [6.07, 6.45) is 7.48. The highest BCUT2D eigenvalue weighted by atomic mass is 16.5. The van der Waals surface area contributed by atoms with E-state index in [9.17, 15) is 9.59 Å². The van der Waals surface area contributed by atoms with Gasteiger partial charge in [0.2, 0.25) is 5.91 Å². The number of carbonyl (C=O) groups excluding carboxylic acids is 2. The Hall–Kier alpha value is -3.03. The fourth-order valence-corrected chi connectivity index (χ4v) is 4.22. The molecule has 8 nitrogen and oxygen atoms in total. The van der Waals surface area contributed by atoms with Crippen molar-refractivity contribution in [2.45, 2.75) is 45.1 Å². The third-order valence-electron chi connectivity index (χ3n) is 5.98. The van der Waals surface area contributed by atoms with Crippen molar-refractivity contribution in [1.29, 1.82) is 0 Å². The maximum atomic E-state index is 12.6. The summed E-state index contributed by atoms with van der Waals surface area (Å²) in [5.74, 6) is 1.49. The normalized spacial score (nSPS) is 22.4. The van der Waals surface area contributed by atoms with Gasteiger partial charge >= 0.3 is 0 Å². The first-order chi connectivity index (χ1) is 14.5. The van der Waals surface area contributed by atoms with Gasteiger partial charge in [0.1, 0.15) is 11.6 Å². The molecule has 1 atom stereocenters. The number of nitrogens with one attached hydrogen (secondary N) is 2. The Bertz CT molecular complexity index is 942. The fourth-order valence-electron chi connectivity index (χ4n) is 4.22. The van der Waals surface area contributed by atoms with Gasteiger partial charge in [0, 0.05) is 36.6 Å². The number of amides is 2. The first-order valence-electron chi connectivity index (χ1n) is 10.4. The molecule has 2 aromatic heterocycles. The number of hydrogen-bond acceptors (Lipinski definition) is 6. The molecule has 8 heteroatoms. The van der Waals surface area contributed by atoms with Gasteiger partial charge in [0.25, 0.3) is 5.91 Å². The van der Waals surface area contributed by atoms with Crippen molar-refractivity contribution in [2.24, 2.45) is 11.8 Å². The zero-order valence-corrected chi connectivity index (χ0v) is 17.4. The minimum atomic E-state index is -0.224. The minimum Gasteiger partial charge on any atom is -0.494 e. The van der Waals surface area contributed by atoms with Crippen LogP contribution in [-0.2, 0) is 17.6 Å². The molecule has 2 amide bonds. The Morgan fingerprint density at radius 3 is 2.90 bits per heavy atom. The van der Waals surface area contributed by atoms with E-state index in [1.165, 1.54) is 7.11 Å². The summed E-state index contributed by atoms with van der Waals surface area (Å²) < 4.78 is 5.19. The molecule has 0 bridgehead atoms. The van der Waals surface area contributed by atoms with Crippen LogP contribution in [0.4, 0.5) is 0 Å². The highest BCUT2D eigenvalue weighted by molar-refractivity contribution is 5.95. The van der Waals surface area contributed by atoms with Crippen molar-refractivity contribution in [3.05, 3.63) is 47.3 Å². The Morgan fingerprint density at radius 2 is 2.10 bits per heavy atom. The number of aryl methyl sites for hydroxylation is 2. The van der Waals surface area contributed by atoms with Crippen molar-refractivity contribution in [1.82, 2.24) is 25.6 Å². The second-order valence-electron chi connectivity index (χ2n) is 8.14. The van der Waals surface area contributed by atoms with Crippen LogP contribution >= 0.6 is 0 Å². The predicted molar refractivity (Wildman–Crippen MR) is 110 cm³/mol. The second kappa shape index (κ2) is 8.77. The van der Waals surface area contributed by atoms with Crippen LogP contribution in [-0.4, -0.2) is 46.5 Å². The first-order valence-corrected chi connectivity index (χ1v) is 10.4. The van der Waals surface area contributed by atoms with Crippen LogP contribution in [0.5, 0.6) is 5.75 Å². The summed E-state index contributed by atoms with van der Waals surface area (Å²) in [6.45, 7) is 2.53. The molecule has 0 aliphatic heterocycles. The topological polar surface area (TPSA) is 106 Å². The smallest absolute Gasteiger partial charge is 0.273 e. The van der Waals surface area contributed by atoms with Crippen molar-refractivity contribution < 1.29 is 14.3 Å². The van der Waals surface area contributed by atoms with E-state index in [4.69, 9.17) is 4.74 Å². The Morgan fingerprint density at radius 1 is 1.27 bits per heavy atom. The Kier molecular flexibility index (Phi) is 5.92. The van der Waals surface area contributed by atoms with E-state index in [1.54, 1.807) is 18.3 Å². The lowest BCUT2D eigenvalue weighted by atomic mass is 9.80. The lowest BCUT2D eigenvalue weighted by Gasteiger charge is -2.36. The molecular weight excluding hydrogens is 382 g/mol. The Labute approximate surface area is 175 Å². The summed E-state index contributed by atoms with van der Waals surface area (Å²) >= 11 is 0. The zero-order chi connectivity index (χ0) is 21.1. The number of pyridine rings is 1. The van der Waals surface area contributed by atoms with Gasteiger partial charge in [-0.25, -0.2) is 15.0 Å². The van der Waals surface area contributed by atoms with E-state index in [1.807, 2.05) is 13.1 Å². The molecular formula is C22H27N5O3. The monoisotopic (exact) mass is 409 g/mol. The van der Waals surface area contributed by atoms with E-state index in [-0.39, 0.29) is 23.8 Å². The number of aromatic nitrogens is 3. The summed E-state index contributed by atoms with van der Waals surface area (Å²) in [5.41, 5.74) is 2.46. The largest absolute Gasteiger partial charge is 0.494 e. The van der Waals surface area contributed by atoms with Crippen molar-refractivity contribution >= 4 is 11.8 Å². The molecule has 2 aromatic rings. The van der Waals surface area contributed by atoms with Crippen LogP contribution in [0, 0.1) is 18.8 Å². The summed E-state index contributed by atoms with van der Waals surface area (Å²) in [7, 11) is 1.52. The number of nitrogens with zero attached hydrogens (tertiary/aromatic N) is 3. The Balaban J connectivity index is 1.20. The van der Waals surface area contributed by atoms with Gasteiger partial charge in [0.15, 0.2) is 5.69 Å². The maximum absolute atomic E-state index is 12.6. The molecule has 0 radical (unpaired) electrons. The third-order valence-corrected chi connectivity index (χ3v) is 5.98. The first kappa shape index (κ1) is 20.3. The lowest BCUT2D eigenvalue weighted by Crippen LogP contribution is -2.48. The zero-order valence-electron chi connectivity index (χ0n) is 17.4. The quantitative estimate of drug-likeness (QED) is 0.751. The fraction of sp³-hybridized carbons (Fsp3) is 0.500. The van der Waals surface area contributed by atoms with E-state index < -0.39 is 0 Å². The van der Waals surface area contributed by atoms with E-state index in [0.29, 0.717) is 30.3 Å². The van der Waals surface area contributed by atoms with Crippen LogP contribution in [0.15, 0.2) is 24.5 Å². The van der Waals surface area contributed by atoms with Crippen LogP contribution in [0.2, 0.25) is 0 Å². The van der Waals surface area contributed by atoms with Crippen LogP contribution < -0.4 is 15.4 Å². The molecule has 4 rings (SSSR count). The van der Waals surface area contributed by atoms with Crippen molar-refractivity contribution in [2.75, 3.05) is 13.7 Å². The molecule has 0 aromatic carbocycles. The molecule has 1 saturated carbocycles. The van der Waals surface area contributed by atoms with Gasteiger partial charge in [-0.15, -0.1) is 0 Å². The summed E-state index contributed by atoms with van der Waals surface area (Å²) in [4.78, 5) is 37.8. The molecule has 158 valence electrons. The molecule has 1 fully saturated rings. The highest BCUT2D eigenvalue weighted by Gasteiger charge is 2.32. The van der Waals surface area contributed by atoms with Gasteiger partial charge in [-0.05, 0) is 62.6 Å².